The molecule has 0 fully saturated rings. The van der Waals surface area contributed by atoms with Gasteiger partial charge in [-0.3, -0.25) is 0 Å². The van der Waals surface area contributed by atoms with E-state index in [1.54, 1.807) is 18.2 Å². The molecule has 24 heavy (non-hydrogen) atoms. The topological polar surface area (TPSA) is 77.2 Å². The number of methoxy groups -OCH3 is 1. The summed E-state index contributed by atoms with van der Waals surface area (Å²) in [4.78, 5) is 11.5. The zero-order valence-electron chi connectivity index (χ0n) is 13.2. The van der Waals surface area contributed by atoms with E-state index in [1.807, 2.05) is 36.4 Å². The van der Waals surface area contributed by atoms with Crippen molar-refractivity contribution in [3.05, 3.63) is 66.1 Å². The third-order valence-corrected chi connectivity index (χ3v) is 3.44. The number of benzene rings is 2. The predicted octanol–water partition coefficient (Wildman–Crippen LogP) is 3.18. The van der Waals surface area contributed by atoms with Crippen molar-refractivity contribution in [1.82, 2.24) is 10.2 Å². The molecule has 0 atom stereocenters. The normalized spacial score (nSPS) is 10.4. The zero-order chi connectivity index (χ0) is 16.8. The molecule has 0 aliphatic carbocycles. The summed E-state index contributed by atoms with van der Waals surface area (Å²) in [5.74, 6) is 0.715. The highest BCUT2D eigenvalue weighted by molar-refractivity contribution is 5.90. The average Bonchev–Trinajstić information content (AvgIpc) is 3.11. The van der Waals surface area contributed by atoms with Gasteiger partial charge in [0, 0.05) is 24.2 Å². The van der Waals surface area contributed by atoms with Crippen LogP contribution in [0.25, 0.3) is 11.5 Å². The maximum Gasteiger partial charge on any atom is 0.337 e. The van der Waals surface area contributed by atoms with E-state index >= 15 is 0 Å². The second-order valence-electron chi connectivity index (χ2n) is 5.12. The van der Waals surface area contributed by atoms with Gasteiger partial charge < -0.3 is 14.5 Å². The van der Waals surface area contributed by atoms with Crippen LogP contribution in [0.4, 0.5) is 5.69 Å². The minimum absolute atomic E-state index is 0.358. The highest BCUT2D eigenvalue weighted by Gasteiger charge is 2.08. The van der Waals surface area contributed by atoms with Crippen molar-refractivity contribution in [3.63, 3.8) is 0 Å². The summed E-state index contributed by atoms with van der Waals surface area (Å²) < 4.78 is 10.4. The summed E-state index contributed by atoms with van der Waals surface area (Å²) in [6.07, 6.45) is 0.586. The van der Waals surface area contributed by atoms with E-state index in [-0.39, 0.29) is 5.97 Å². The Hall–Kier alpha value is -3.15. The van der Waals surface area contributed by atoms with Crippen molar-refractivity contribution < 1.29 is 13.9 Å². The molecule has 0 bridgehead atoms. The lowest BCUT2D eigenvalue weighted by atomic mass is 10.2. The number of esters is 1. The van der Waals surface area contributed by atoms with Crippen LogP contribution in [-0.2, 0) is 11.2 Å². The zero-order valence-corrected chi connectivity index (χ0v) is 13.2. The molecule has 3 rings (SSSR count). The van der Waals surface area contributed by atoms with Crippen LogP contribution in [-0.4, -0.2) is 29.8 Å². The van der Waals surface area contributed by atoms with Gasteiger partial charge in [-0.05, 0) is 30.3 Å². The van der Waals surface area contributed by atoms with Crippen LogP contribution >= 0.6 is 0 Å². The molecule has 0 unspecified atom stereocenters. The van der Waals surface area contributed by atoms with Crippen molar-refractivity contribution in [1.29, 1.82) is 0 Å². The lowest BCUT2D eigenvalue weighted by molar-refractivity contribution is 0.0601. The number of hydrogen-bond acceptors (Lipinski definition) is 6. The van der Waals surface area contributed by atoms with Crippen LogP contribution in [0, 0.1) is 0 Å². The molecule has 0 saturated heterocycles. The van der Waals surface area contributed by atoms with Gasteiger partial charge in [0.15, 0.2) is 0 Å². The Balaban J connectivity index is 1.57. The summed E-state index contributed by atoms with van der Waals surface area (Å²) >= 11 is 0. The van der Waals surface area contributed by atoms with Crippen molar-refractivity contribution in [2.24, 2.45) is 0 Å². The van der Waals surface area contributed by atoms with Crippen LogP contribution in [0.15, 0.2) is 59.0 Å². The lowest BCUT2D eigenvalue weighted by Gasteiger charge is -2.06. The van der Waals surface area contributed by atoms with Crippen LogP contribution in [0.3, 0.4) is 0 Å². The van der Waals surface area contributed by atoms with Gasteiger partial charge in [0.05, 0.1) is 12.7 Å². The summed E-state index contributed by atoms with van der Waals surface area (Å²) in [5, 5.41) is 11.3. The Morgan fingerprint density at radius 1 is 1.12 bits per heavy atom. The van der Waals surface area contributed by atoms with Gasteiger partial charge in [0.25, 0.3) is 0 Å². The van der Waals surface area contributed by atoms with E-state index in [1.165, 1.54) is 7.11 Å². The summed E-state index contributed by atoms with van der Waals surface area (Å²) in [6.45, 7) is 0.612. The Morgan fingerprint density at radius 3 is 2.75 bits per heavy atom. The number of hydrogen-bond donors (Lipinski definition) is 1. The Labute approximate surface area is 139 Å². The second-order valence-corrected chi connectivity index (χ2v) is 5.12. The molecule has 0 aliphatic rings. The molecule has 0 radical (unpaired) electrons. The van der Waals surface area contributed by atoms with Crippen LogP contribution < -0.4 is 5.32 Å². The maximum absolute atomic E-state index is 11.5. The molecular formula is C18H17N3O3. The molecule has 3 aromatic rings. The fourth-order valence-corrected chi connectivity index (χ4v) is 2.24. The number of nitrogens with zero attached hydrogens (tertiary/aromatic N) is 2. The monoisotopic (exact) mass is 323 g/mol. The smallest absolute Gasteiger partial charge is 0.337 e. The summed E-state index contributed by atoms with van der Waals surface area (Å²) in [7, 11) is 1.36. The highest BCUT2D eigenvalue weighted by atomic mass is 16.5. The molecule has 0 aliphatic heterocycles. The van der Waals surface area contributed by atoms with E-state index < -0.39 is 0 Å². The SMILES string of the molecule is COC(=O)c1cccc(NCCc2nnc(-c3ccccc3)o2)c1. The quantitative estimate of drug-likeness (QED) is 0.702. The fourth-order valence-electron chi connectivity index (χ4n) is 2.24. The van der Waals surface area contributed by atoms with E-state index in [2.05, 4.69) is 15.5 Å². The Kier molecular flexibility index (Phi) is 4.86. The van der Waals surface area contributed by atoms with Crippen molar-refractivity contribution in [2.45, 2.75) is 6.42 Å². The van der Waals surface area contributed by atoms with Gasteiger partial charge in [0.2, 0.25) is 11.8 Å². The molecule has 6 heteroatoms. The molecule has 1 N–H and O–H groups in total. The Morgan fingerprint density at radius 2 is 1.96 bits per heavy atom. The molecule has 0 amide bonds. The van der Waals surface area contributed by atoms with Crippen LogP contribution in [0.1, 0.15) is 16.2 Å². The average molecular weight is 323 g/mol. The number of anilines is 1. The first-order valence-corrected chi connectivity index (χ1v) is 7.56. The van der Waals surface area contributed by atoms with E-state index in [0.29, 0.717) is 30.3 Å². The number of carbonyl (C=O) groups excluding carboxylic acids is 1. The third-order valence-electron chi connectivity index (χ3n) is 3.44. The van der Waals surface area contributed by atoms with Crippen LogP contribution in [0.5, 0.6) is 0 Å². The minimum atomic E-state index is -0.358. The fraction of sp³-hybridized carbons (Fsp3) is 0.167. The second kappa shape index (κ2) is 7.41. The summed E-state index contributed by atoms with van der Waals surface area (Å²) in [6, 6.07) is 16.8. The Bertz CT molecular complexity index is 815. The van der Waals surface area contributed by atoms with Gasteiger partial charge in [-0.25, -0.2) is 4.79 Å². The molecule has 1 heterocycles. The van der Waals surface area contributed by atoms with Crippen LogP contribution in [0.2, 0.25) is 0 Å². The molecule has 1 aromatic heterocycles. The highest BCUT2D eigenvalue weighted by Crippen LogP contribution is 2.17. The first-order valence-electron chi connectivity index (χ1n) is 7.56. The molecule has 0 spiro atoms. The van der Waals surface area contributed by atoms with E-state index in [4.69, 9.17) is 9.15 Å². The number of nitrogens with one attached hydrogen (secondary N) is 1. The van der Waals surface area contributed by atoms with Crippen molar-refractivity contribution >= 4 is 11.7 Å². The first kappa shape index (κ1) is 15.7. The number of aromatic nitrogens is 2. The number of rotatable bonds is 6. The molecule has 2 aromatic carbocycles. The van der Waals surface area contributed by atoms with Gasteiger partial charge in [-0.2, -0.15) is 0 Å². The van der Waals surface area contributed by atoms with Gasteiger partial charge >= 0.3 is 5.97 Å². The van der Waals surface area contributed by atoms with Gasteiger partial charge in [-0.1, -0.05) is 24.3 Å². The lowest BCUT2D eigenvalue weighted by Crippen LogP contribution is -2.07. The maximum atomic E-state index is 11.5. The summed E-state index contributed by atoms with van der Waals surface area (Å²) in [5.41, 5.74) is 2.24. The van der Waals surface area contributed by atoms with E-state index in [9.17, 15) is 4.79 Å². The standard InChI is InChI=1S/C18H17N3O3/c1-23-18(22)14-8-5-9-15(12-14)19-11-10-16-20-21-17(24-16)13-6-3-2-4-7-13/h2-9,12,19H,10-11H2,1H3. The van der Waals surface area contributed by atoms with E-state index in [0.717, 1.165) is 11.3 Å². The third kappa shape index (κ3) is 3.78. The molecule has 6 nitrogen and oxygen atoms in total. The number of ether oxygens (including phenoxy) is 1. The molecule has 0 saturated carbocycles. The minimum Gasteiger partial charge on any atom is -0.465 e. The molecular weight excluding hydrogens is 306 g/mol. The first-order chi connectivity index (χ1) is 11.8. The van der Waals surface area contributed by atoms with Crippen molar-refractivity contribution in [2.75, 3.05) is 19.0 Å². The van der Waals surface area contributed by atoms with Gasteiger partial charge in [0.1, 0.15) is 0 Å². The molecule has 122 valence electrons. The predicted molar refractivity (Wildman–Crippen MR) is 89.7 cm³/mol. The van der Waals surface area contributed by atoms with Gasteiger partial charge in [-0.15, -0.1) is 10.2 Å². The van der Waals surface area contributed by atoms with Crippen molar-refractivity contribution in [3.8, 4) is 11.5 Å². The largest absolute Gasteiger partial charge is 0.465 e. The number of carbonyl (C=O) groups is 1.